The molecule has 0 fully saturated rings. The van der Waals surface area contributed by atoms with Gasteiger partial charge in [-0.25, -0.2) is 0 Å². The van der Waals surface area contributed by atoms with Gasteiger partial charge in [-0.15, -0.1) is 0 Å². The minimum absolute atomic E-state index is 0.186. The smallest absolute Gasteiger partial charge is 0.180 e. The monoisotopic (exact) mass is 380 g/mol. The average Bonchev–Trinajstić information content (AvgIpc) is 3.06. The number of hydrogen-bond donors (Lipinski definition) is 0. The molecule has 1 unspecified atom stereocenters. The van der Waals surface area contributed by atoms with Gasteiger partial charge in [0, 0.05) is 17.3 Å². The van der Waals surface area contributed by atoms with Gasteiger partial charge in [0.1, 0.15) is 5.92 Å². The van der Waals surface area contributed by atoms with Crippen molar-refractivity contribution in [3.63, 3.8) is 0 Å². The lowest BCUT2D eigenvalue weighted by Crippen LogP contribution is -2.31. The molecule has 4 nitrogen and oxygen atoms in total. The summed E-state index contributed by atoms with van der Waals surface area (Å²) in [5.74, 6) is -1.93. The number of rotatable bonds is 5. The maximum atomic E-state index is 13.8. The van der Waals surface area contributed by atoms with E-state index in [0.29, 0.717) is 16.8 Å². The molecule has 1 atom stereocenters. The highest BCUT2D eigenvalue weighted by atomic mass is 16.2. The average molecular weight is 380 g/mol. The summed E-state index contributed by atoms with van der Waals surface area (Å²) in [5, 5.41) is 8.23. The summed E-state index contributed by atoms with van der Waals surface area (Å²) in [7, 11) is 0. The third-order valence-electron chi connectivity index (χ3n) is 5.12. The molecule has 0 bridgehead atoms. The molecule has 0 radical (unpaired) electrons. The van der Waals surface area contributed by atoms with Gasteiger partial charge in [-0.2, -0.15) is 10.2 Å². The van der Waals surface area contributed by atoms with E-state index in [2.05, 4.69) is 10.2 Å². The molecular weight excluding hydrogens is 360 g/mol. The molecule has 0 spiro atoms. The minimum Gasteiger partial charge on any atom is -0.297 e. The first kappa shape index (κ1) is 18.7. The van der Waals surface area contributed by atoms with Crippen molar-refractivity contribution >= 4 is 23.5 Å². The Morgan fingerprint density at radius 3 is 1.90 bits per heavy atom. The molecule has 1 aliphatic carbocycles. The van der Waals surface area contributed by atoms with Crippen LogP contribution in [0.4, 0.5) is 0 Å². The maximum absolute atomic E-state index is 13.8. The highest BCUT2D eigenvalue weighted by molar-refractivity contribution is 6.38. The van der Waals surface area contributed by atoms with Crippen LogP contribution in [0.25, 0.3) is 0 Å². The van der Waals surface area contributed by atoms with Crippen molar-refractivity contribution in [1.29, 1.82) is 0 Å². The summed E-state index contributed by atoms with van der Waals surface area (Å²) in [5.41, 5.74) is 3.33. The van der Waals surface area contributed by atoms with Gasteiger partial charge in [0.25, 0.3) is 0 Å². The first-order chi connectivity index (χ1) is 14.2. The molecule has 0 saturated carbocycles. The molecule has 0 amide bonds. The van der Waals surface area contributed by atoms with Crippen LogP contribution >= 0.6 is 0 Å². The van der Waals surface area contributed by atoms with Crippen LogP contribution in [-0.4, -0.2) is 23.5 Å². The molecule has 0 aromatic heterocycles. The molecule has 29 heavy (non-hydrogen) atoms. The van der Waals surface area contributed by atoms with E-state index in [1.807, 2.05) is 72.8 Å². The Morgan fingerprint density at radius 2 is 1.34 bits per heavy atom. The highest BCUT2D eigenvalue weighted by Gasteiger charge is 2.44. The zero-order valence-electron chi connectivity index (χ0n) is 16.0. The lowest BCUT2D eigenvalue weighted by atomic mass is 9.80. The molecule has 4 rings (SSSR count). The molecule has 4 heteroatoms. The molecule has 0 aliphatic heterocycles. The lowest BCUT2D eigenvalue weighted by Gasteiger charge is -2.20. The van der Waals surface area contributed by atoms with Crippen molar-refractivity contribution < 1.29 is 9.59 Å². The Kier molecular flexibility index (Phi) is 5.25. The van der Waals surface area contributed by atoms with Crippen molar-refractivity contribution in [3.05, 3.63) is 107 Å². The Labute approximate surface area is 169 Å². The van der Waals surface area contributed by atoms with Crippen LogP contribution in [-0.2, 0) is 4.79 Å². The summed E-state index contributed by atoms with van der Waals surface area (Å²) < 4.78 is 0. The van der Waals surface area contributed by atoms with E-state index in [4.69, 9.17) is 0 Å². The van der Waals surface area contributed by atoms with Crippen LogP contribution in [0, 0.1) is 5.92 Å². The van der Waals surface area contributed by atoms with Gasteiger partial charge in [0.15, 0.2) is 11.6 Å². The fourth-order valence-corrected chi connectivity index (χ4v) is 3.83. The van der Waals surface area contributed by atoms with E-state index in [9.17, 15) is 9.59 Å². The first-order valence-electron chi connectivity index (χ1n) is 9.55. The number of carbonyl (C=O) groups excluding carboxylic acids is 2. The van der Waals surface area contributed by atoms with Crippen molar-refractivity contribution in [2.45, 2.75) is 12.8 Å². The van der Waals surface area contributed by atoms with E-state index in [1.54, 1.807) is 25.3 Å². The van der Waals surface area contributed by atoms with E-state index in [-0.39, 0.29) is 11.6 Å². The van der Waals surface area contributed by atoms with Crippen molar-refractivity contribution in [2.24, 2.45) is 16.1 Å². The van der Waals surface area contributed by atoms with E-state index < -0.39 is 11.8 Å². The number of ketones is 2. The van der Waals surface area contributed by atoms with E-state index >= 15 is 0 Å². The van der Waals surface area contributed by atoms with Gasteiger partial charge in [0.05, 0.1) is 11.6 Å². The molecule has 0 heterocycles. The quantitative estimate of drug-likeness (QED) is 0.366. The summed E-state index contributed by atoms with van der Waals surface area (Å²) in [6, 6.07) is 26.3. The van der Waals surface area contributed by atoms with Crippen molar-refractivity contribution in [1.82, 2.24) is 0 Å². The van der Waals surface area contributed by atoms with Crippen LogP contribution in [0.15, 0.2) is 95.1 Å². The minimum atomic E-state index is -0.971. The van der Waals surface area contributed by atoms with Gasteiger partial charge in [-0.3, -0.25) is 9.59 Å². The van der Waals surface area contributed by atoms with Gasteiger partial charge in [0.2, 0.25) is 0 Å². The molecular formula is C25H20N2O2. The second-order valence-electron chi connectivity index (χ2n) is 6.86. The Bertz CT molecular complexity index is 1060. The Morgan fingerprint density at radius 1 is 0.828 bits per heavy atom. The van der Waals surface area contributed by atoms with Gasteiger partial charge in [-0.1, -0.05) is 84.9 Å². The van der Waals surface area contributed by atoms with Gasteiger partial charge < -0.3 is 0 Å². The summed E-state index contributed by atoms with van der Waals surface area (Å²) in [6.07, 6.45) is 1.55. The molecule has 0 N–H and O–H groups in total. The number of nitrogens with zero attached hydrogens (tertiary/aromatic N) is 2. The van der Waals surface area contributed by atoms with Crippen LogP contribution in [0.2, 0.25) is 0 Å². The fraction of sp³-hybridized carbons (Fsp3) is 0.120. The van der Waals surface area contributed by atoms with Gasteiger partial charge >= 0.3 is 0 Å². The summed E-state index contributed by atoms with van der Waals surface area (Å²) >= 11 is 0. The molecule has 3 aromatic rings. The molecule has 3 aromatic carbocycles. The highest BCUT2D eigenvalue weighted by Crippen LogP contribution is 2.35. The first-order valence-corrected chi connectivity index (χ1v) is 9.55. The number of hydrogen-bond acceptors (Lipinski definition) is 4. The third kappa shape index (κ3) is 3.45. The normalized spacial score (nSPS) is 17.2. The van der Waals surface area contributed by atoms with Crippen LogP contribution in [0.5, 0.6) is 0 Å². The maximum Gasteiger partial charge on any atom is 0.180 e. The van der Waals surface area contributed by atoms with Crippen LogP contribution in [0.1, 0.15) is 39.9 Å². The predicted octanol–water partition coefficient (Wildman–Crippen LogP) is 4.70. The number of carbonyl (C=O) groups is 2. The third-order valence-corrected chi connectivity index (χ3v) is 5.12. The van der Waals surface area contributed by atoms with Crippen LogP contribution in [0.3, 0.4) is 0 Å². The lowest BCUT2D eigenvalue weighted by molar-refractivity contribution is -0.120. The summed E-state index contributed by atoms with van der Waals surface area (Å²) in [4.78, 5) is 27.1. The van der Waals surface area contributed by atoms with Crippen molar-refractivity contribution in [3.8, 4) is 0 Å². The Balaban J connectivity index is 1.85. The summed E-state index contributed by atoms with van der Waals surface area (Å²) in [6.45, 7) is 1.75. The predicted molar refractivity (Wildman–Crippen MR) is 115 cm³/mol. The van der Waals surface area contributed by atoms with Crippen molar-refractivity contribution in [2.75, 3.05) is 0 Å². The van der Waals surface area contributed by atoms with Gasteiger partial charge in [-0.05, 0) is 18.1 Å². The SMILES string of the molecule is C/C=N/N=C1/c2ccccc2C(=O)C1C(=O)C(c1ccccc1)c1ccccc1. The number of benzene rings is 3. The molecule has 0 saturated heterocycles. The second-order valence-corrected chi connectivity index (χ2v) is 6.86. The Hall–Kier alpha value is -3.66. The molecule has 1 aliphatic rings. The second kappa shape index (κ2) is 8.15. The fourth-order valence-electron chi connectivity index (χ4n) is 3.83. The van der Waals surface area contributed by atoms with E-state index in [1.165, 1.54) is 0 Å². The topological polar surface area (TPSA) is 58.9 Å². The largest absolute Gasteiger partial charge is 0.297 e. The zero-order valence-corrected chi connectivity index (χ0v) is 16.0. The zero-order chi connectivity index (χ0) is 20.2. The molecule has 142 valence electrons. The number of Topliss-reactive ketones (excluding diaryl/α,β-unsaturated/α-hetero) is 2. The standard InChI is InChI=1S/C25H20N2O2/c1-2-26-27-23-19-15-9-10-16-20(19)24(28)22(23)25(29)21(17-11-5-3-6-12-17)18-13-7-4-8-14-18/h2-16,21-22H,1H3/b26-2+,27-23-. The number of fused-ring (bicyclic) bond motifs is 1. The van der Waals surface area contributed by atoms with Crippen LogP contribution < -0.4 is 0 Å². The van der Waals surface area contributed by atoms with E-state index in [0.717, 1.165) is 11.1 Å².